The minimum atomic E-state index is 0.0527. The summed E-state index contributed by atoms with van der Waals surface area (Å²) in [7, 11) is 0. The molecule has 1 aliphatic rings. The fourth-order valence-electron chi connectivity index (χ4n) is 2.07. The molecule has 0 spiro atoms. The minimum Gasteiger partial charge on any atom is -0.381 e. The maximum absolute atomic E-state index is 11.4. The molecule has 0 radical (unpaired) electrons. The number of anilines is 2. The molecule has 1 heterocycles. The summed E-state index contributed by atoms with van der Waals surface area (Å²) in [5.74, 6) is 1.28. The maximum atomic E-state index is 11.4. The highest BCUT2D eigenvalue weighted by Gasteiger charge is 2.23. The topological polar surface area (TPSA) is 41.1 Å². The molecule has 1 amide bonds. The Morgan fingerprint density at radius 2 is 2.22 bits per heavy atom. The summed E-state index contributed by atoms with van der Waals surface area (Å²) in [6, 6.07) is 8.49. The van der Waals surface area contributed by atoms with Gasteiger partial charge in [-0.25, -0.2) is 0 Å². The van der Waals surface area contributed by atoms with E-state index in [2.05, 4.69) is 23.6 Å². The van der Waals surface area contributed by atoms with E-state index in [0.717, 1.165) is 11.4 Å². The van der Waals surface area contributed by atoms with Gasteiger partial charge in [-0.1, -0.05) is 19.9 Å². The van der Waals surface area contributed by atoms with Crippen LogP contribution in [0.2, 0.25) is 0 Å². The maximum Gasteiger partial charge on any atom is 0.224 e. The number of hydrogen-bond acceptors (Lipinski definition) is 3. The Morgan fingerprint density at radius 3 is 2.89 bits per heavy atom. The van der Waals surface area contributed by atoms with E-state index >= 15 is 0 Å². The molecule has 0 bridgehead atoms. The van der Waals surface area contributed by atoms with Crippen LogP contribution in [-0.4, -0.2) is 23.0 Å². The number of hydrogen-bond donors (Lipinski definition) is 2. The molecule has 2 atom stereocenters. The SMILES string of the molecule is CCC(=O)Nc1cccc(NC2CCSC2C)c1. The average Bonchev–Trinajstić information content (AvgIpc) is 2.75. The van der Waals surface area contributed by atoms with Crippen molar-refractivity contribution in [3.63, 3.8) is 0 Å². The molecule has 2 rings (SSSR count). The van der Waals surface area contributed by atoms with Gasteiger partial charge in [0.2, 0.25) is 5.91 Å². The Labute approximate surface area is 113 Å². The number of thioether (sulfide) groups is 1. The third-order valence-electron chi connectivity index (χ3n) is 3.20. The van der Waals surface area contributed by atoms with Crippen molar-refractivity contribution in [2.45, 2.75) is 38.0 Å². The standard InChI is InChI=1S/C14H20N2OS/c1-3-14(17)16-12-6-4-5-11(9-12)15-13-7-8-18-10(13)2/h4-6,9-10,13,15H,3,7-8H2,1-2H3,(H,16,17). The predicted molar refractivity (Wildman–Crippen MR) is 79.3 cm³/mol. The van der Waals surface area contributed by atoms with Gasteiger partial charge in [0.25, 0.3) is 0 Å². The molecule has 18 heavy (non-hydrogen) atoms. The zero-order chi connectivity index (χ0) is 13.0. The Hall–Kier alpha value is -1.16. The summed E-state index contributed by atoms with van der Waals surface area (Å²) < 4.78 is 0. The van der Waals surface area contributed by atoms with E-state index in [1.54, 1.807) is 0 Å². The summed E-state index contributed by atoms with van der Waals surface area (Å²) >= 11 is 2.01. The van der Waals surface area contributed by atoms with Crippen molar-refractivity contribution in [3.05, 3.63) is 24.3 Å². The van der Waals surface area contributed by atoms with Crippen LogP contribution in [0.3, 0.4) is 0 Å². The molecule has 1 aromatic carbocycles. The molecular formula is C14H20N2OS. The molecule has 98 valence electrons. The summed E-state index contributed by atoms with van der Waals surface area (Å²) in [6.45, 7) is 4.12. The van der Waals surface area contributed by atoms with E-state index in [9.17, 15) is 4.79 Å². The number of amides is 1. The van der Waals surface area contributed by atoms with E-state index in [0.29, 0.717) is 17.7 Å². The van der Waals surface area contributed by atoms with Crippen LogP contribution < -0.4 is 10.6 Å². The van der Waals surface area contributed by atoms with Gasteiger partial charge < -0.3 is 10.6 Å². The Kier molecular flexibility index (Phi) is 4.53. The first-order chi connectivity index (χ1) is 8.69. The van der Waals surface area contributed by atoms with Gasteiger partial charge in [0, 0.05) is 29.1 Å². The van der Waals surface area contributed by atoms with Crippen molar-refractivity contribution < 1.29 is 4.79 Å². The minimum absolute atomic E-state index is 0.0527. The number of rotatable bonds is 4. The van der Waals surface area contributed by atoms with Crippen molar-refractivity contribution >= 4 is 29.0 Å². The third kappa shape index (κ3) is 3.42. The second kappa shape index (κ2) is 6.14. The Bertz CT molecular complexity index is 422. The zero-order valence-corrected chi connectivity index (χ0v) is 11.7. The largest absolute Gasteiger partial charge is 0.381 e. The summed E-state index contributed by atoms with van der Waals surface area (Å²) in [5, 5.41) is 7.09. The fourth-order valence-corrected chi connectivity index (χ4v) is 3.27. The van der Waals surface area contributed by atoms with Gasteiger partial charge in [-0.2, -0.15) is 11.8 Å². The van der Waals surface area contributed by atoms with Crippen molar-refractivity contribution in [2.24, 2.45) is 0 Å². The van der Waals surface area contributed by atoms with E-state index in [4.69, 9.17) is 0 Å². The first kappa shape index (κ1) is 13.3. The lowest BCUT2D eigenvalue weighted by molar-refractivity contribution is -0.115. The van der Waals surface area contributed by atoms with E-state index < -0.39 is 0 Å². The average molecular weight is 264 g/mol. The van der Waals surface area contributed by atoms with Crippen LogP contribution in [-0.2, 0) is 4.79 Å². The molecule has 1 aromatic rings. The normalized spacial score (nSPS) is 22.8. The zero-order valence-electron chi connectivity index (χ0n) is 10.9. The molecule has 2 N–H and O–H groups in total. The van der Waals surface area contributed by atoms with Crippen molar-refractivity contribution in [1.29, 1.82) is 0 Å². The van der Waals surface area contributed by atoms with E-state index in [1.165, 1.54) is 12.2 Å². The molecule has 1 aliphatic heterocycles. The van der Waals surface area contributed by atoms with Gasteiger partial charge in [-0.15, -0.1) is 0 Å². The summed E-state index contributed by atoms with van der Waals surface area (Å²) in [5.41, 5.74) is 1.95. The highest BCUT2D eigenvalue weighted by molar-refractivity contribution is 8.00. The van der Waals surface area contributed by atoms with Crippen LogP contribution in [0.5, 0.6) is 0 Å². The summed E-state index contributed by atoms with van der Waals surface area (Å²) in [6.07, 6.45) is 1.71. The molecule has 1 fully saturated rings. The second-order valence-electron chi connectivity index (χ2n) is 4.60. The van der Waals surface area contributed by atoms with Gasteiger partial charge in [-0.3, -0.25) is 4.79 Å². The summed E-state index contributed by atoms with van der Waals surface area (Å²) in [4.78, 5) is 11.4. The first-order valence-electron chi connectivity index (χ1n) is 6.47. The van der Waals surface area contributed by atoms with Crippen molar-refractivity contribution in [3.8, 4) is 0 Å². The first-order valence-corrected chi connectivity index (χ1v) is 7.52. The second-order valence-corrected chi connectivity index (χ2v) is 6.08. The van der Waals surface area contributed by atoms with Crippen LogP contribution in [0, 0.1) is 0 Å². The van der Waals surface area contributed by atoms with Crippen LogP contribution in [0.1, 0.15) is 26.7 Å². The lowest BCUT2D eigenvalue weighted by atomic mass is 10.1. The van der Waals surface area contributed by atoms with Gasteiger partial charge in [0.05, 0.1) is 0 Å². The molecule has 0 saturated carbocycles. The number of carbonyl (C=O) groups is 1. The number of nitrogens with one attached hydrogen (secondary N) is 2. The van der Waals surface area contributed by atoms with Crippen LogP contribution in [0.15, 0.2) is 24.3 Å². The Morgan fingerprint density at radius 1 is 1.44 bits per heavy atom. The van der Waals surface area contributed by atoms with E-state index in [1.807, 2.05) is 36.9 Å². The molecule has 4 heteroatoms. The van der Waals surface area contributed by atoms with E-state index in [-0.39, 0.29) is 5.91 Å². The van der Waals surface area contributed by atoms with Gasteiger partial charge >= 0.3 is 0 Å². The van der Waals surface area contributed by atoms with Crippen molar-refractivity contribution in [1.82, 2.24) is 0 Å². The monoisotopic (exact) mass is 264 g/mol. The van der Waals surface area contributed by atoms with Crippen LogP contribution >= 0.6 is 11.8 Å². The smallest absolute Gasteiger partial charge is 0.224 e. The number of carbonyl (C=O) groups excluding carboxylic acids is 1. The van der Waals surface area contributed by atoms with Gasteiger partial charge in [-0.05, 0) is 30.4 Å². The molecule has 1 saturated heterocycles. The number of benzene rings is 1. The molecular weight excluding hydrogens is 244 g/mol. The van der Waals surface area contributed by atoms with Crippen LogP contribution in [0.25, 0.3) is 0 Å². The van der Waals surface area contributed by atoms with Gasteiger partial charge in [0.1, 0.15) is 0 Å². The lowest BCUT2D eigenvalue weighted by Crippen LogP contribution is -2.24. The molecule has 0 aliphatic carbocycles. The van der Waals surface area contributed by atoms with Gasteiger partial charge in [0.15, 0.2) is 0 Å². The molecule has 0 aromatic heterocycles. The van der Waals surface area contributed by atoms with Crippen molar-refractivity contribution in [2.75, 3.05) is 16.4 Å². The molecule has 3 nitrogen and oxygen atoms in total. The Balaban J connectivity index is 2.00. The van der Waals surface area contributed by atoms with Crippen LogP contribution in [0.4, 0.5) is 11.4 Å². The highest BCUT2D eigenvalue weighted by Crippen LogP contribution is 2.29. The third-order valence-corrected chi connectivity index (χ3v) is 4.52. The quantitative estimate of drug-likeness (QED) is 0.876. The fraction of sp³-hybridized carbons (Fsp3) is 0.500. The lowest BCUT2D eigenvalue weighted by Gasteiger charge is -2.18. The highest BCUT2D eigenvalue weighted by atomic mass is 32.2. The molecule has 2 unspecified atom stereocenters. The predicted octanol–water partition coefficient (Wildman–Crippen LogP) is 3.34.